The van der Waals surface area contributed by atoms with E-state index in [0.29, 0.717) is 19.4 Å². The molecule has 0 radical (unpaired) electrons. The fourth-order valence-electron chi connectivity index (χ4n) is 1.32. The predicted octanol–water partition coefficient (Wildman–Crippen LogP) is 2.73. The molecule has 0 aliphatic carbocycles. The van der Waals surface area contributed by atoms with Gasteiger partial charge in [0.05, 0.1) is 16.5 Å². The predicted molar refractivity (Wildman–Crippen MR) is 60.1 cm³/mol. The van der Waals surface area contributed by atoms with Gasteiger partial charge in [-0.1, -0.05) is 18.5 Å². The third-order valence-electron chi connectivity index (χ3n) is 2.20. The Morgan fingerprint density at radius 3 is 2.71 bits per heavy atom. The van der Waals surface area contributed by atoms with Crippen LogP contribution in [0.2, 0.25) is 4.34 Å². The fourth-order valence-corrected chi connectivity index (χ4v) is 2.54. The number of methoxy groups -OCH3 is 1. The number of hydrogen-bond donors (Lipinski definition) is 1. The molecular weight excluding hydrogens is 220 g/mol. The van der Waals surface area contributed by atoms with Gasteiger partial charge in [0.2, 0.25) is 0 Å². The monoisotopic (exact) mass is 234 g/mol. The summed E-state index contributed by atoms with van der Waals surface area (Å²) in [6.45, 7) is 2.31. The Labute approximate surface area is 93.5 Å². The van der Waals surface area contributed by atoms with Crippen LogP contribution in [0.25, 0.3) is 0 Å². The first-order chi connectivity index (χ1) is 6.59. The Kier molecular flexibility index (Phi) is 4.38. The van der Waals surface area contributed by atoms with Gasteiger partial charge in [-0.3, -0.25) is 0 Å². The maximum absolute atomic E-state index is 10.1. The lowest BCUT2D eigenvalue weighted by molar-refractivity contribution is -0.0327. The number of ether oxygens (including phenoxy) is 1. The van der Waals surface area contributed by atoms with Crippen molar-refractivity contribution in [2.75, 3.05) is 13.7 Å². The van der Waals surface area contributed by atoms with Crippen LogP contribution in [0.3, 0.4) is 0 Å². The maximum atomic E-state index is 10.1. The number of rotatable bonds is 5. The molecule has 0 aromatic carbocycles. The molecule has 1 heterocycles. The van der Waals surface area contributed by atoms with E-state index in [-0.39, 0.29) is 0 Å². The number of thiophene rings is 1. The molecule has 0 spiro atoms. The van der Waals surface area contributed by atoms with Gasteiger partial charge in [-0.25, -0.2) is 0 Å². The fraction of sp³-hybridized carbons (Fsp3) is 0.600. The summed E-state index contributed by atoms with van der Waals surface area (Å²) < 4.78 is 5.76. The van der Waals surface area contributed by atoms with Gasteiger partial charge < -0.3 is 9.84 Å². The highest BCUT2D eigenvalue weighted by Crippen LogP contribution is 2.26. The van der Waals surface area contributed by atoms with E-state index in [9.17, 15) is 5.11 Å². The zero-order valence-corrected chi connectivity index (χ0v) is 9.99. The van der Waals surface area contributed by atoms with Crippen molar-refractivity contribution in [3.63, 3.8) is 0 Å². The molecule has 1 N–H and O–H groups in total. The minimum Gasteiger partial charge on any atom is -0.387 e. The molecule has 80 valence electrons. The van der Waals surface area contributed by atoms with Crippen molar-refractivity contribution in [2.45, 2.75) is 25.4 Å². The molecule has 0 amide bonds. The molecule has 1 rings (SSSR count). The lowest BCUT2D eigenvalue weighted by Crippen LogP contribution is -2.35. The van der Waals surface area contributed by atoms with E-state index in [1.807, 2.05) is 19.1 Å². The summed E-state index contributed by atoms with van der Waals surface area (Å²) in [7, 11) is 1.60. The number of halogens is 1. The van der Waals surface area contributed by atoms with Gasteiger partial charge in [0.1, 0.15) is 0 Å². The highest BCUT2D eigenvalue weighted by Gasteiger charge is 2.25. The first kappa shape index (κ1) is 12.0. The van der Waals surface area contributed by atoms with E-state index in [2.05, 4.69) is 0 Å². The molecule has 2 nitrogen and oxygen atoms in total. The molecule has 1 aromatic rings. The molecule has 0 fully saturated rings. The second-order valence-corrected chi connectivity index (χ2v) is 5.19. The Morgan fingerprint density at radius 2 is 2.29 bits per heavy atom. The summed E-state index contributed by atoms with van der Waals surface area (Å²) in [5.41, 5.74) is -0.761. The standard InChI is InChI=1S/C10H15ClO2S/c1-3-10(12,7-13-2)6-8-4-5-9(11)14-8/h4-5,12H,3,6-7H2,1-2H3. The maximum Gasteiger partial charge on any atom is 0.0931 e. The molecule has 1 aromatic heterocycles. The van der Waals surface area contributed by atoms with Gasteiger partial charge in [-0.2, -0.15) is 0 Å². The van der Waals surface area contributed by atoms with Gasteiger partial charge in [-0.15, -0.1) is 11.3 Å². The third kappa shape index (κ3) is 3.24. The van der Waals surface area contributed by atoms with Gasteiger partial charge >= 0.3 is 0 Å². The van der Waals surface area contributed by atoms with Crippen LogP contribution >= 0.6 is 22.9 Å². The van der Waals surface area contributed by atoms with Crippen molar-refractivity contribution >= 4 is 22.9 Å². The average Bonchev–Trinajstić information content (AvgIpc) is 2.51. The van der Waals surface area contributed by atoms with E-state index in [1.165, 1.54) is 11.3 Å². The molecule has 0 saturated heterocycles. The van der Waals surface area contributed by atoms with Crippen molar-refractivity contribution in [3.05, 3.63) is 21.3 Å². The molecule has 0 saturated carbocycles. The van der Waals surface area contributed by atoms with E-state index >= 15 is 0 Å². The first-order valence-electron chi connectivity index (χ1n) is 4.55. The second-order valence-electron chi connectivity index (χ2n) is 3.39. The summed E-state index contributed by atoms with van der Waals surface area (Å²) in [6.07, 6.45) is 1.28. The molecule has 0 aliphatic rings. The first-order valence-corrected chi connectivity index (χ1v) is 5.74. The lowest BCUT2D eigenvalue weighted by Gasteiger charge is -2.25. The topological polar surface area (TPSA) is 29.5 Å². The molecule has 4 heteroatoms. The van der Waals surface area contributed by atoms with Crippen LogP contribution < -0.4 is 0 Å². The summed E-state index contributed by atoms with van der Waals surface area (Å²) in [6, 6.07) is 3.80. The number of hydrogen-bond acceptors (Lipinski definition) is 3. The van der Waals surface area contributed by atoms with Crippen LogP contribution in [-0.2, 0) is 11.2 Å². The Hall–Kier alpha value is -0.0900. The van der Waals surface area contributed by atoms with Crippen LogP contribution in [0.5, 0.6) is 0 Å². The normalized spacial score (nSPS) is 15.4. The zero-order valence-electron chi connectivity index (χ0n) is 8.42. The highest BCUT2D eigenvalue weighted by atomic mass is 35.5. The van der Waals surface area contributed by atoms with Crippen LogP contribution in [0.1, 0.15) is 18.2 Å². The quantitative estimate of drug-likeness (QED) is 0.849. The summed E-state index contributed by atoms with van der Waals surface area (Å²) in [5, 5.41) is 10.1. The summed E-state index contributed by atoms with van der Waals surface area (Å²) in [4.78, 5) is 1.09. The molecule has 0 bridgehead atoms. The van der Waals surface area contributed by atoms with E-state index in [4.69, 9.17) is 16.3 Å². The van der Waals surface area contributed by atoms with Gasteiger partial charge in [-0.05, 0) is 18.6 Å². The van der Waals surface area contributed by atoms with E-state index in [0.717, 1.165) is 9.21 Å². The minimum atomic E-state index is -0.761. The van der Waals surface area contributed by atoms with E-state index < -0.39 is 5.60 Å². The van der Waals surface area contributed by atoms with Crippen LogP contribution in [0.4, 0.5) is 0 Å². The summed E-state index contributed by atoms with van der Waals surface area (Å²) >= 11 is 7.32. The second kappa shape index (κ2) is 5.12. The van der Waals surface area contributed by atoms with Crippen molar-refractivity contribution in [1.29, 1.82) is 0 Å². The molecule has 14 heavy (non-hydrogen) atoms. The van der Waals surface area contributed by atoms with Gasteiger partial charge in [0, 0.05) is 18.4 Å². The van der Waals surface area contributed by atoms with Crippen molar-refractivity contribution in [2.24, 2.45) is 0 Å². The molecular formula is C10H15ClO2S. The lowest BCUT2D eigenvalue weighted by atomic mass is 9.97. The Bertz CT molecular complexity index is 287. The van der Waals surface area contributed by atoms with Crippen molar-refractivity contribution in [1.82, 2.24) is 0 Å². The Morgan fingerprint density at radius 1 is 1.57 bits per heavy atom. The highest BCUT2D eigenvalue weighted by molar-refractivity contribution is 7.16. The van der Waals surface area contributed by atoms with Crippen molar-refractivity contribution in [3.8, 4) is 0 Å². The van der Waals surface area contributed by atoms with Gasteiger partial charge in [0.15, 0.2) is 0 Å². The number of aliphatic hydroxyl groups is 1. The van der Waals surface area contributed by atoms with Gasteiger partial charge in [0.25, 0.3) is 0 Å². The van der Waals surface area contributed by atoms with E-state index in [1.54, 1.807) is 7.11 Å². The minimum absolute atomic E-state index is 0.360. The SMILES string of the molecule is CCC(O)(COC)Cc1ccc(Cl)s1. The van der Waals surface area contributed by atoms with Crippen LogP contribution in [0, 0.1) is 0 Å². The van der Waals surface area contributed by atoms with Crippen molar-refractivity contribution < 1.29 is 9.84 Å². The zero-order chi connectivity index (χ0) is 10.6. The van der Waals surface area contributed by atoms with Crippen LogP contribution in [-0.4, -0.2) is 24.4 Å². The smallest absolute Gasteiger partial charge is 0.0931 e. The van der Waals surface area contributed by atoms with Crippen LogP contribution in [0.15, 0.2) is 12.1 Å². The third-order valence-corrected chi connectivity index (χ3v) is 3.43. The molecule has 1 atom stereocenters. The molecule has 0 aliphatic heterocycles. The Balaban J connectivity index is 2.64. The molecule has 1 unspecified atom stereocenters. The average molecular weight is 235 g/mol. The summed E-state index contributed by atoms with van der Waals surface area (Å²) in [5.74, 6) is 0. The largest absolute Gasteiger partial charge is 0.387 e.